The van der Waals surface area contributed by atoms with Gasteiger partial charge in [-0.3, -0.25) is 14.3 Å². The maximum atomic E-state index is 12.0. The third-order valence-electron chi connectivity index (χ3n) is 4.29. The van der Waals surface area contributed by atoms with E-state index in [4.69, 9.17) is 4.74 Å². The van der Waals surface area contributed by atoms with Crippen molar-refractivity contribution in [3.8, 4) is 0 Å². The Morgan fingerprint density at radius 1 is 1.39 bits per heavy atom. The minimum Gasteiger partial charge on any atom is -0.466 e. The van der Waals surface area contributed by atoms with Crippen molar-refractivity contribution < 1.29 is 14.3 Å². The van der Waals surface area contributed by atoms with Crippen molar-refractivity contribution in [2.24, 2.45) is 5.92 Å². The van der Waals surface area contributed by atoms with Gasteiger partial charge in [-0.05, 0) is 25.3 Å². The lowest BCUT2D eigenvalue weighted by atomic mass is 9.86. The summed E-state index contributed by atoms with van der Waals surface area (Å²) >= 11 is 0. The van der Waals surface area contributed by atoms with Gasteiger partial charge in [0.05, 0.1) is 19.1 Å². The fourth-order valence-corrected chi connectivity index (χ4v) is 3.15. The van der Waals surface area contributed by atoms with E-state index in [9.17, 15) is 9.59 Å². The van der Waals surface area contributed by atoms with E-state index in [-0.39, 0.29) is 11.9 Å². The summed E-state index contributed by atoms with van der Waals surface area (Å²) in [5.74, 6) is -0.300. The van der Waals surface area contributed by atoms with Crippen molar-refractivity contribution in [1.29, 1.82) is 0 Å². The number of benzene rings is 1. The number of esters is 1. The third kappa shape index (κ3) is 3.18. The summed E-state index contributed by atoms with van der Waals surface area (Å²) in [6.45, 7) is 2.81. The Balaban J connectivity index is 1.89. The minimum atomic E-state index is -0.154. The second kappa shape index (κ2) is 6.77. The summed E-state index contributed by atoms with van der Waals surface area (Å²) in [5, 5.41) is 4.44. The van der Waals surface area contributed by atoms with Crippen LogP contribution in [0.2, 0.25) is 0 Å². The molecule has 1 aliphatic rings. The normalized spacial score (nSPS) is 16.7. The summed E-state index contributed by atoms with van der Waals surface area (Å²) in [6, 6.07) is 9.98. The van der Waals surface area contributed by atoms with Gasteiger partial charge in [-0.25, -0.2) is 0 Å². The quantitative estimate of drug-likeness (QED) is 0.628. The zero-order valence-electron chi connectivity index (χ0n) is 13.2. The summed E-state index contributed by atoms with van der Waals surface area (Å²) in [7, 11) is 0. The Morgan fingerprint density at radius 2 is 2.17 bits per heavy atom. The molecule has 1 atom stereocenters. The van der Waals surface area contributed by atoms with Crippen molar-refractivity contribution in [2.45, 2.75) is 32.7 Å². The number of ether oxygens (including phenoxy) is 1. The van der Waals surface area contributed by atoms with Crippen LogP contribution in [-0.4, -0.2) is 28.6 Å². The zero-order chi connectivity index (χ0) is 16.2. The smallest absolute Gasteiger partial charge is 0.309 e. The largest absolute Gasteiger partial charge is 0.466 e. The molecule has 0 saturated heterocycles. The lowest BCUT2D eigenvalue weighted by Gasteiger charge is -2.22. The van der Waals surface area contributed by atoms with Crippen LogP contribution in [0.15, 0.2) is 30.3 Å². The number of hydrogen-bond acceptors (Lipinski definition) is 4. The lowest BCUT2D eigenvalue weighted by Crippen LogP contribution is -2.26. The van der Waals surface area contributed by atoms with Gasteiger partial charge in [0.25, 0.3) is 0 Å². The summed E-state index contributed by atoms with van der Waals surface area (Å²) < 4.78 is 7.01. The first kappa shape index (κ1) is 15.5. The van der Waals surface area contributed by atoms with Crippen molar-refractivity contribution in [3.05, 3.63) is 52.8 Å². The van der Waals surface area contributed by atoms with Crippen LogP contribution in [0, 0.1) is 5.92 Å². The van der Waals surface area contributed by atoms with Gasteiger partial charge in [-0.2, -0.15) is 5.10 Å². The van der Waals surface area contributed by atoms with E-state index in [0.717, 1.165) is 23.1 Å². The highest BCUT2D eigenvalue weighted by molar-refractivity contribution is 5.77. The van der Waals surface area contributed by atoms with Gasteiger partial charge in [-0.15, -0.1) is 0 Å². The fourth-order valence-electron chi connectivity index (χ4n) is 3.15. The number of aromatic nitrogens is 2. The van der Waals surface area contributed by atoms with Crippen LogP contribution in [0.1, 0.15) is 40.7 Å². The van der Waals surface area contributed by atoms with E-state index in [1.165, 1.54) is 0 Å². The molecule has 1 heterocycles. The summed E-state index contributed by atoms with van der Waals surface area (Å²) in [6.07, 6.45) is 2.80. The third-order valence-corrected chi connectivity index (χ3v) is 4.29. The predicted octanol–water partition coefficient (Wildman–Crippen LogP) is 2.41. The van der Waals surface area contributed by atoms with Crippen molar-refractivity contribution in [3.63, 3.8) is 0 Å². The molecule has 1 unspecified atom stereocenters. The van der Waals surface area contributed by atoms with E-state index < -0.39 is 0 Å². The number of aldehydes is 1. The van der Waals surface area contributed by atoms with Crippen molar-refractivity contribution in [1.82, 2.24) is 9.78 Å². The lowest BCUT2D eigenvalue weighted by molar-refractivity contribution is -0.148. The molecule has 5 nitrogen and oxygen atoms in total. The molecule has 120 valence electrons. The van der Waals surface area contributed by atoms with E-state index >= 15 is 0 Å². The van der Waals surface area contributed by atoms with E-state index in [1.807, 2.05) is 41.9 Å². The average Bonchev–Trinajstić information content (AvgIpc) is 2.93. The van der Waals surface area contributed by atoms with Crippen LogP contribution in [-0.2, 0) is 28.9 Å². The number of nitrogens with zero attached hydrogens (tertiary/aromatic N) is 2. The molecule has 1 aromatic carbocycles. The fraction of sp³-hybridized carbons (Fsp3) is 0.389. The Labute approximate surface area is 135 Å². The maximum Gasteiger partial charge on any atom is 0.309 e. The predicted molar refractivity (Wildman–Crippen MR) is 85.3 cm³/mol. The molecule has 5 heteroatoms. The van der Waals surface area contributed by atoms with Gasteiger partial charge in [0.15, 0.2) is 6.29 Å². The van der Waals surface area contributed by atoms with Gasteiger partial charge in [0.1, 0.15) is 5.69 Å². The van der Waals surface area contributed by atoms with Gasteiger partial charge in [-0.1, -0.05) is 30.3 Å². The molecule has 0 radical (unpaired) electrons. The Kier molecular flexibility index (Phi) is 4.55. The molecule has 0 fully saturated rings. The van der Waals surface area contributed by atoms with Crippen LogP contribution < -0.4 is 0 Å². The molecular weight excluding hydrogens is 292 g/mol. The molecule has 1 aromatic heterocycles. The van der Waals surface area contributed by atoms with E-state index in [0.29, 0.717) is 38.1 Å². The molecule has 0 spiro atoms. The Bertz CT molecular complexity index is 707. The second-order valence-electron chi connectivity index (χ2n) is 5.76. The Hall–Kier alpha value is -2.43. The first-order valence-electron chi connectivity index (χ1n) is 7.97. The molecule has 0 amide bonds. The molecule has 0 N–H and O–H groups in total. The number of fused-ring (bicyclic) bond motifs is 1. The number of carbonyl (C=O) groups is 2. The molecule has 3 rings (SSSR count). The molecule has 0 bridgehead atoms. The highest BCUT2D eigenvalue weighted by atomic mass is 16.5. The SMILES string of the molecule is CCOC(=O)C1CCc2c(C=O)nn(Cc3ccccc3)c2C1. The van der Waals surface area contributed by atoms with Crippen LogP contribution in [0.25, 0.3) is 0 Å². The highest BCUT2D eigenvalue weighted by Crippen LogP contribution is 2.29. The molecule has 0 saturated carbocycles. The summed E-state index contributed by atoms with van der Waals surface area (Å²) in [5.41, 5.74) is 3.59. The van der Waals surface area contributed by atoms with Crippen molar-refractivity contribution >= 4 is 12.3 Å². The Morgan fingerprint density at radius 3 is 2.87 bits per heavy atom. The van der Waals surface area contributed by atoms with Crippen molar-refractivity contribution in [2.75, 3.05) is 6.61 Å². The standard InChI is InChI=1S/C18H20N2O3/c1-2-23-18(22)14-8-9-15-16(12-21)19-20(17(15)10-14)11-13-6-4-3-5-7-13/h3-7,12,14H,2,8-11H2,1H3. The molecular formula is C18H20N2O3. The van der Waals surface area contributed by atoms with Crippen LogP contribution in [0.5, 0.6) is 0 Å². The van der Waals surface area contributed by atoms with Gasteiger partial charge < -0.3 is 4.74 Å². The van der Waals surface area contributed by atoms with Crippen LogP contribution in [0.4, 0.5) is 0 Å². The summed E-state index contributed by atoms with van der Waals surface area (Å²) in [4.78, 5) is 23.3. The van der Waals surface area contributed by atoms with Gasteiger partial charge in [0.2, 0.25) is 0 Å². The molecule has 2 aromatic rings. The maximum absolute atomic E-state index is 12.0. The van der Waals surface area contributed by atoms with Crippen LogP contribution >= 0.6 is 0 Å². The molecule has 0 aliphatic heterocycles. The first-order valence-corrected chi connectivity index (χ1v) is 7.97. The zero-order valence-corrected chi connectivity index (χ0v) is 13.2. The van der Waals surface area contributed by atoms with Gasteiger partial charge in [0, 0.05) is 17.7 Å². The molecule has 1 aliphatic carbocycles. The molecule has 23 heavy (non-hydrogen) atoms. The first-order chi connectivity index (χ1) is 11.2. The highest BCUT2D eigenvalue weighted by Gasteiger charge is 2.30. The monoisotopic (exact) mass is 312 g/mol. The van der Waals surface area contributed by atoms with Gasteiger partial charge >= 0.3 is 5.97 Å². The number of carbonyl (C=O) groups excluding carboxylic acids is 2. The minimum absolute atomic E-state index is 0.145. The van der Waals surface area contributed by atoms with Crippen LogP contribution in [0.3, 0.4) is 0 Å². The van der Waals surface area contributed by atoms with E-state index in [2.05, 4.69) is 5.10 Å². The average molecular weight is 312 g/mol. The number of rotatable bonds is 5. The number of hydrogen-bond donors (Lipinski definition) is 0. The second-order valence-corrected chi connectivity index (χ2v) is 5.76. The van der Waals surface area contributed by atoms with E-state index in [1.54, 1.807) is 0 Å². The topological polar surface area (TPSA) is 61.2 Å².